The number of urea groups is 1. The van der Waals surface area contributed by atoms with Crippen LogP contribution in [0, 0.1) is 5.41 Å². The first-order valence-corrected chi connectivity index (χ1v) is 14.4. The van der Waals surface area contributed by atoms with Crippen LogP contribution in [0.5, 0.6) is 0 Å². The number of allylic oxidation sites excluding steroid dienone is 2. The quantitative estimate of drug-likeness (QED) is 0.107. The summed E-state index contributed by atoms with van der Waals surface area (Å²) in [6.45, 7) is 16.0. The third-order valence-electron chi connectivity index (χ3n) is 6.18. The Bertz CT molecular complexity index is 1040. The molecule has 12 nitrogen and oxygen atoms in total. The molecule has 0 aromatic heterocycles. The Morgan fingerprint density at radius 1 is 0.857 bits per heavy atom. The van der Waals surface area contributed by atoms with E-state index < -0.39 is 47.2 Å². The Morgan fingerprint density at radius 3 is 1.88 bits per heavy atom. The van der Waals surface area contributed by atoms with E-state index in [1.54, 1.807) is 48.5 Å². The smallest absolute Gasteiger partial charge is 0.329 e. The number of amides is 2. The lowest BCUT2D eigenvalue weighted by atomic mass is 9.73. The number of hydrogen-bond donors (Lipinski definition) is 4. The minimum Gasteiger partial charge on any atom is -0.480 e. The van der Waals surface area contributed by atoms with Crippen LogP contribution in [-0.4, -0.2) is 70.4 Å². The highest BCUT2D eigenvalue weighted by molar-refractivity contribution is 6.22. The van der Waals surface area contributed by atoms with E-state index in [2.05, 4.69) is 16.0 Å². The molecule has 238 valence electrons. The Morgan fingerprint density at radius 2 is 1.38 bits per heavy atom. The van der Waals surface area contributed by atoms with E-state index in [1.807, 2.05) is 13.8 Å². The number of carbonyl (C=O) groups excluding carboxylic acids is 5. The summed E-state index contributed by atoms with van der Waals surface area (Å²) in [4.78, 5) is 74.3. The Balaban J connectivity index is 2.70. The molecule has 0 heterocycles. The van der Waals surface area contributed by atoms with Gasteiger partial charge in [0, 0.05) is 31.5 Å². The minimum absolute atomic E-state index is 0.0983. The van der Waals surface area contributed by atoms with Gasteiger partial charge in [-0.3, -0.25) is 14.4 Å². The van der Waals surface area contributed by atoms with Gasteiger partial charge in [0.15, 0.2) is 11.6 Å². The molecule has 4 N–H and O–H groups in total. The Labute approximate surface area is 248 Å². The van der Waals surface area contributed by atoms with Gasteiger partial charge in [0.05, 0.1) is 5.57 Å². The van der Waals surface area contributed by atoms with Crippen LogP contribution in [0.1, 0.15) is 107 Å². The van der Waals surface area contributed by atoms with Crippen molar-refractivity contribution in [2.45, 2.75) is 131 Å². The molecule has 1 saturated carbocycles. The fourth-order valence-electron chi connectivity index (χ4n) is 4.41. The van der Waals surface area contributed by atoms with E-state index in [0.29, 0.717) is 37.9 Å². The molecule has 0 saturated heterocycles. The average molecular weight is 596 g/mol. The number of unbranched alkanes of at least 4 members (excludes halogenated alkanes) is 1. The molecular weight excluding hydrogens is 546 g/mol. The average Bonchev–Trinajstić information content (AvgIpc) is 2.76. The molecule has 0 bridgehead atoms. The van der Waals surface area contributed by atoms with Crippen LogP contribution >= 0.6 is 0 Å². The van der Waals surface area contributed by atoms with Gasteiger partial charge < -0.3 is 30.5 Å². The van der Waals surface area contributed by atoms with Crippen molar-refractivity contribution >= 4 is 35.5 Å². The highest BCUT2D eigenvalue weighted by Gasteiger charge is 2.36. The second-order valence-electron chi connectivity index (χ2n) is 13.5. The normalized spacial score (nSPS) is 16.6. The second kappa shape index (κ2) is 15.2. The maximum Gasteiger partial charge on any atom is 0.329 e. The standard InChI is InChI=1S/C30H49N3O9/c1-18(24-21(34)16-30(8,9)17-22(24)35)31-15-11-10-12-19(25(37)38)32-27(40)33-20(26(39)42-29(5,6)7)13-14-23(36)41-28(2,3)4/h19-20,31H,10-17H2,1-9H3,(H,37,38)(H2,32,33,40)/t19-,20-/m0/s1. The molecule has 1 aliphatic rings. The molecule has 1 aliphatic carbocycles. The van der Waals surface area contributed by atoms with Crippen molar-refractivity contribution in [1.29, 1.82) is 0 Å². The molecule has 42 heavy (non-hydrogen) atoms. The largest absolute Gasteiger partial charge is 0.480 e. The van der Waals surface area contributed by atoms with Crippen LogP contribution in [0.3, 0.4) is 0 Å². The van der Waals surface area contributed by atoms with Crippen molar-refractivity contribution in [3.05, 3.63) is 11.3 Å². The molecule has 0 radical (unpaired) electrons. The van der Waals surface area contributed by atoms with Gasteiger partial charge in [-0.05, 0) is 79.6 Å². The van der Waals surface area contributed by atoms with Gasteiger partial charge in [-0.1, -0.05) is 13.8 Å². The zero-order valence-corrected chi connectivity index (χ0v) is 26.5. The first-order valence-electron chi connectivity index (χ1n) is 14.4. The molecule has 0 spiro atoms. The lowest BCUT2D eigenvalue weighted by molar-refractivity contribution is -0.158. The Hall–Kier alpha value is -3.44. The minimum atomic E-state index is -1.25. The number of hydrogen-bond acceptors (Lipinski definition) is 9. The second-order valence-corrected chi connectivity index (χ2v) is 13.5. The van der Waals surface area contributed by atoms with Crippen LogP contribution in [0.25, 0.3) is 0 Å². The van der Waals surface area contributed by atoms with Crippen molar-refractivity contribution in [1.82, 2.24) is 16.0 Å². The lowest BCUT2D eigenvalue weighted by Crippen LogP contribution is -2.52. The van der Waals surface area contributed by atoms with Crippen LogP contribution in [0.2, 0.25) is 0 Å². The summed E-state index contributed by atoms with van der Waals surface area (Å²) in [5.74, 6) is -2.93. The zero-order chi connectivity index (χ0) is 32.5. The van der Waals surface area contributed by atoms with Gasteiger partial charge >= 0.3 is 23.9 Å². The summed E-state index contributed by atoms with van der Waals surface area (Å²) in [7, 11) is 0. The molecule has 0 unspecified atom stereocenters. The first-order chi connectivity index (χ1) is 19.1. The number of rotatable bonds is 13. The zero-order valence-electron chi connectivity index (χ0n) is 26.5. The van der Waals surface area contributed by atoms with Crippen molar-refractivity contribution < 1.29 is 43.3 Å². The third kappa shape index (κ3) is 14.0. The van der Waals surface area contributed by atoms with Gasteiger partial charge in [0.25, 0.3) is 0 Å². The first kappa shape index (κ1) is 36.6. The van der Waals surface area contributed by atoms with Crippen LogP contribution in [0.15, 0.2) is 11.3 Å². The molecule has 0 aliphatic heterocycles. The van der Waals surface area contributed by atoms with Crippen molar-refractivity contribution in [3.63, 3.8) is 0 Å². The molecule has 0 aromatic rings. The molecule has 12 heteroatoms. The summed E-state index contributed by atoms with van der Waals surface area (Å²) in [5, 5.41) is 17.5. The number of nitrogens with one attached hydrogen (secondary N) is 3. The van der Waals surface area contributed by atoms with E-state index >= 15 is 0 Å². The maximum absolute atomic E-state index is 12.7. The van der Waals surface area contributed by atoms with E-state index in [1.165, 1.54) is 0 Å². The van der Waals surface area contributed by atoms with Crippen LogP contribution in [0.4, 0.5) is 4.79 Å². The molecule has 2 amide bonds. The third-order valence-corrected chi connectivity index (χ3v) is 6.18. The SMILES string of the molecule is CC(NCCCC[C@H](NC(=O)N[C@@H](CCC(=O)OC(C)(C)C)C(=O)OC(C)(C)C)C(=O)O)=C1C(=O)CC(C)(C)CC1=O. The number of esters is 2. The van der Waals surface area contributed by atoms with Crippen LogP contribution in [-0.2, 0) is 33.4 Å². The fourth-order valence-corrected chi connectivity index (χ4v) is 4.41. The highest BCUT2D eigenvalue weighted by Crippen LogP contribution is 2.34. The van der Waals surface area contributed by atoms with Gasteiger partial charge in [-0.2, -0.15) is 0 Å². The number of aliphatic carboxylic acids is 1. The number of Topliss-reactive ketones (excluding diaryl/α,β-unsaturated/α-hetero) is 2. The summed E-state index contributed by atoms with van der Waals surface area (Å²) in [5.41, 5.74) is -1.21. The van der Waals surface area contributed by atoms with Gasteiger partial charge in [0.1, 0.15) is 23.3 Å². The highest BCUT2D eigenvalue weighted by atomic mass is 16.6. The van der Waals surface area contributed by atoms with Crippen molar-refractivity contribution in [2.75, 3.05) is 6.54 Å². The van der Waals surface area contributed by atoms with Crippen LogP contribution < -0.4 is 16.0 Å². The topological polar surface area (TPSA) is 177 Å². The number of carboxylic acids is 1. The maximum atomic E-state index is 12.7. The van der Waals surface area contributed by atoms with E-state index in [0.717, 1.165) is 0 Å². The van der Waals surface area contributed by atoms with Gasteiger partial charge in [-0.25, -0.2) is 14.4 Å². The van der Waals surface area contributed by atoms with Crippen molar-refractivity contribution in [2.24, 2.45) is 5.41 Å². The number of ether oxygens (including phenoxy) is 2. The van der Waals surface area contributed by atoms with E-state index in [4.69, 9.17) is 9.47 Å². The molecular formula is C30H49N3O9. The summed E-state index contributed by atoms with van der Waals surface area (Å²) >= 11 is 0. The predicted octanol–water partition coefficient (Wildman–Crippen LogP) is 3.56. The summed E-state index contributed by atoms with van der Waals surface area (Å²) in [6.07, 6.45) is 1.37. The summed E-state index contributed by atoms with van der Waals surface area (Å²) in [6, 6.07) is -3.33. The number of carbonyl (C=O) groups is 6. The van der Waals surface area contributed by atoms with Gasteiger partial charge in [-0.15, -0.1) is 0 Å². The number of carboxylic acid groups (broad SMARTS) is 1. The Kier molecular flexibility index (Phi) is 13.2. The molecule has 2 atom stereocenters. The van der Waals surface area contributed by atoms with Crippen molar-refractivity contribution in [3.8, 4) is 0 Å². The molecule has 1 fully saturated rings. The summed E-state index contributed by atoms with van der Waals surface area (Å²) < 4.78 is 10.6. The van der Waals surface area contributed by atoms with E-state index in [-0.39, 0.29) is 41.8 Å². The number of ketones is 2. The molecule has 0 aromatic carbocycles. The monoisotopic (exact) mass is 595 g/mol. The lowest BCUT2D eigenvalue weighted by Gasteiger charge is -2.29. The molecule has 1 rings (SSSR count). The fraction of sp³-hybridized carbons (Fsp3) is 0.733. The van der Waals surface area contributed by atoms with Gasteiger partial charge in [0.2, 0.25) is 0 Å². The predicted molar refractivity (Wildman–Crippen MR) is 155 cm³/mol. The van der Waals surface area contributed by atoms with E-state index in [9.17, 15) is 33.9 Å².